The minimum absolute atomic E-state index is 0.0635. The third-order valence-electron chi connectivity index (χ3n) is 3.17. The summed E-state index contributed by atoms with van der Waals surface area (Å²) >= 11 is 8.59. The van der Waals surface area contributed by atoms with Crippen molar-refractivity contribution in [2.45, 2.75) is 19.4 Å². The van der Waals surface area contributed by atoms with E-state index in [0.29, 0.717) is 41.6 Å². The maximum atomic E-state index is 12.5. The summed E-state index contributed by atoms with van der Waals surface area (Å²) < 4.78 is 2.69. The lowest BCUT2D eigenvalue weighted by atomic mass is 10.2. The van der Waals surface area contributed by atoms with Crippen LogP contribution in [0.2, 0.25) is 0 Å². The first-order valence-electron chi connectivity index (χ1n) is 6.83. The monoisotopic (exact) mass is 381 g/mol. The summed E-state index contributed by atoms with van der Waals surface area (Å²) in [5, 5.41) is 3.27. The summed E-state index contributed by atoms with van der Waals surface area (Å²) in [7, 11) is 0. The highest BCUT2D eigenvalue weighted by molar-refractivity contribution is 9.10. The molecule has 0 saturated carbocycles. The van der Waals surface area contributed by atoms with Gasteiger partial charge < -0.3 is 10.3 Å². The number of H-pyrrole nitrogens is 1. The van der Waals surface area contributed by atoms with E-state index in [-0.39, 0.29) is 11.5 Å². The minimum Gasteiger partial charge on any atom is -0.353 e. The van der Waals surface area contributed by atoms with Gasteiger partial charge in [-0.3, -0.25) is 14.2 Å². The molecule has 5 nitrogen and oxygen atoms in total. The standard InChI is InChI=1S/C15H16BrN3O2S/c1-2-7-17-13(20)4-3-8-19-14(21)11-9-10(16)5-6-12(11)18-15(19)22/h2,5-6,9H,1,3-4,7-8H2,(H,17,20)(H,18,22). The van der Waals surface area contributed by atoms with Gasteiger partial charge in [0.2, 0.25) is 5.91 Å². The number of rotatable bonds is 6. The van der Waals surface area contributed by atoms with Gasteiger partial charge >= 0.3 is 0 Å². The summed E-state index contributed by atoms with van der Waals surface area (Å²) in [5.41, 5.74) is 0.560. The highest BCUT2D eigenvalue weighted by Crippen LogP contribution is 2.15. The topological polar surface area (TPSA) is 66.9 Å². The Labute approximate surface area is 141 Å². The van der Waals surface area contributed by atoms with E-state index in [2.05, 4.69) is 32.8 Å². The van der Waals surface area contributed by atoms with Gasteiger partial charge in [-0.25, -0.2) is 0 Å². The molecule has 0 spiro atoms. The van der Waals surface area contributed by atoms with E-state index in [9.17, 15) is 9.59 Å². The first kappa shape index (κ1) is 16.6. The number of halogens is 1. The molecule has 0 unspecified atom stereocenters. The average Bonchev–Trinajstić information content (AvgIpc) is 2.49. The molecule has 1 aromatic carbocycles. The molecule has 0 aliphatic rings. The van der Waals surface area contributed by atoms with Crippen LogP contribution in [0.5, 0.6) is 0 Å². The SMILES string of the molecule is C=CCNC(=O)CCCn1c(=S)[nH]c2ccc(Br)cc2c1=O. The fourth-order valence-corrected chi connectivity index (χ4v) is 2.74. The zero-order valence-corrected chi connectivity index (χ0v) is 14.3. The molecule has 0 aliphatic heterocycles. The van der Waals surface area contributed by atoms with Crippen LogP contribution >= 0.6 is 28.1 Å². The molecule has 2 N–H and O–H groups in total. The lowest BCUT2D eigenvalue weighted by molar-refractivity contribution is -0.121. The van der Waals surface area contributed by atoms with E-state index in [1.165, 1.54) is 4.57 Å². The zero-order valence-electron chi connectivity index (χ0n) is 11.9. The van der Waals surface area contributed by atoms with Crippen molar-refractivity contribution >= 4 is 45.0 Å². The van der Waals surface area contributed by atoms with E-state index >= 15 is 0 Å². The van der Waals surface area contributed by atoms with Gasteiger partial charge in [-0.2, -0.15) is 0 Å². The summed E-state index contributed by atoms with van der Waals surface area (Å²) in [6.45, 7) is 4.39. The van der Waals surface area contributed by atoms with Crippen LogP contribution in [0.1, 0.15) is 12.8 Å². The number of carbonyl (C=O) groups excluding carboxylic acids is 1. The second kappa shape index (κ2) is 7.51. The molecule has 1 aromatic heterocycles. The Balaban J connectivity index is 2.18. The molecule has 0 radical (unpaired) electrons. The summed E-state index contributed by atoms with van der Waals surface area (Å²) in [6.07, 6.45) is 2.51. The maximum Gasteiger partial charge on any atom is 0.262 e. The summed E-state index contributed by atoms with van der Waals surface area (Å²) in [6, 6.07) is 5.42. The average molecular weight is 382 g/mol. The van der Waals surface area contributed by atoms with Gasteiger partial charge in [-0.1, -0.05) is 22.0 Å². The Morgan fingerprint density at radius 3 is 3.00 bits per heavy atom. The van der Waals surface area contributed by atoms with Gasteiger partial charge in [0, 0.05) is 24.0 Å². The first-order chi connectivity index (χ1) is 10.5. The number of aromatic amines is 1. The van der Waals surface area contributed by atoms with Crippen LogP contribution in [-0.2, 0) is 11.3 Å². The predicted molar refractivity (Wildman–Crippen MR) is 93.5 cm³/mol. The van der Waals surface area contributed by atoms with Crippen LogP contribution in [0.3, 0.4) is 0 Å². The van der Waals surface area contributed by atoms with Crippen molar-refractivity contribution < 1.29 is 4.79 Å². The van der Waals surface area contributed by atoms with E-state index < -0.39 is 0 Å². The summed E-state index contributed by atoms with van der Waals surface area (Å²) in [4.78, 5) is 27.1. The fourth-order valence-electron chi connectivity index (χ4n) is 2.10. The molecule has 0 aliphatic carbocycles. The van der Waals surface area contributed by atoms with Gasteiger partial charge in [0.25, 0.3) is 5.56 Å². The number of amides is 1. The number of fused-ring (bicyclic) bond motifs is 1. The molecule has 0 atom stereocenters. The fraction of sp³-hybridized carbons (Fsp3) is 0.267. The molecular weight excluding hydrogens is 366 g/mol. The van der Waals surface area contributed by atoms with E-state index in [1.54, 1.807) is 12.1 Å². The molecule has 2 aromatic rings. The highest BCUT2D eigenvalue weighted by Gasteiger charge is 2.07. The minimum atomic E-state index is -0.147. The van der Waals surface area contributed by atoms with Crippen LogP contribution in [0.25, 0.3) is 10.9 Å². The Morgan fingerprint density at radius 2 is 2.27 bits per heavy atom. The number of nitrogens with one attached hydrogen (secondary N) is 2. The molecule has 0 saturated heterocycles. The van der Waals surface area contributed by atoms with Crippen LogP contribution in [0.15, 0.2) is 40.1 Å². The number of hydrogen-bond donors (Lipinski definition) is 2. The van der Waals surface area contributed by atoms with Gasteiger partial charge in [0.05, 0.1) is 10.9 Å². The lowest BCUT2D eigenvalue weighted by Gasteiger charge is -2.08. The van der Waals surface area contributed by atoms with Gasteiger partial charge in [-0.15, -0.1) is 6.58 Å². The van der Waals surface area contributed by atoms with Crippen LogP contribution in [0, 0.1) is 4.77 Å². The number of hydrogen-bond acceptors (Lipinski definition) is 3. The molecule has 2 rings (SSSR count). The quantitative estimate of drug-likeness (QED) is 0.597. The van der Waals surface area contributed by atoms with Crippen molar-refractivity contribution in [3.63, 3.8) is 0 Å². The highest BCUT2D eigenvalue weighted by atomic mass is 79.9. The molecule has 1 heterocycles. The van der Waals surface area contributed by atoms with Crippen molar-refractivity contribution in [2.75, 3.05) is 6.54 Å². The molecule has 7 heteroatoms. The van der Waals surface area contributed by atoms with Crippen LogP contribution in [0.4, 0.5) is 0 Å². The molecule has 22 heavy (non-hydrogen) atoms. The molecular formula is C15H16BrN3O2S. The molecule has 1 amide bonds. The van der Waals surface area contributed by atoms with E-state index in [0.717, 1.165) is 4.47 Å². The van der Waals surface area contributed by atoms with E-state index in [4.69, 9.17) is 12.2 Å². The van der Waals surface area contributed by atoms with Crippen LogP contribution in [-0.4, -0.2) is 22.0 Å². The normalized spacial score (nSPS) is 10.6. The predicted octanol–water partition coefficient (Wildman–Crippen LogP) is 2.90. The van der Waals surface area contributed by atoms with Crippen molar-refractivity contribution in [3.8, 4) is 0 Å². The summed E-state index contributed by atoms with van der Waals surface area (Å²) in [5.74, 6) is -0.0635. The van der Waals surface area contributed by atoms with Gasteiger partial charge in [0.1, 0.15) is 0 Å². The third kappa shape index (κ3) is 3.92. The molecule has 116 valence electrons. The van der Waals surface area contributed by atoms with Crippen LogP contribution < -0.4 is 10.9 Å². The maximum absolute atomic E-state index is 12.5. The van der Waals surface area contributed by atoms with E-state index in [1.807, 2.05) is 12.1 Å². The lowest BCUT2D eigenvalue weighted by Crippen LogP contribution is -2.25. The second-order valence-electron chi connectivity index (χ2n) is 4.77. The van der Waals surface area contributed by atoms with Gasteiger partial charge in [-0.05, 0) is 36.8 Å². The Hall–Kier alpha value is -1.73. The molecule has 0 fully saturated rings. The zero-order chi connectivity index (χ0) is 16.1. The van der Waals surface area contributed by atoms with Crippen molar-refractivity contribution in [1.29, 1.82) is 0 Å². The molecule has 0 bridgehead atoms. The largest absolute Gasteiger partial charge is 0.353 e. The second-order valence-corrected chi connectivity index (χ2v) is 6.08. The smallest absolute Gasteiger partial charge is 0.262 e. The first-order valence-corrected chi connectivity index (χ1v) is 8.03. The number of carbonyl (C=O) groups is 1. The Morgan fingerprint density at radius 1 is 1.50 bits per heavy atom. The van der Waals surface area contributed by atoms with Crippen molar-refractivity contribution in [3.05, 3.63) is 50.5 Å². The number of aromatic nitrogens is 2. The Bertz CT molecular complexity index is 826. The third-order valence-corrected chi connectivity index (χ3v) is 3.99. The number of nitrogens with zero attached hydrogens (tertiary/aromatic N) is 1. The van der Waals surface area contributed by atoms with Gasteiger partial charge in [0.15, 0.2) is 4.77 Å². The Kier molecular flexibility index (Phi) is 5.68. The van der Waals surface area contributed by atoms with Crippen molar-refractivity contribution in [1.82, 2.24) is 14.9 Å². The number of benzene rings is 1. The van der Waals surface area contributed by atoms with Crippen molar-refractivity contribution in [2.24, 2.45) is 0 Å².